The Morgan fingerprint density at radius 2 is 2.26 bits per heavy atom. The largest absolute Gasteiger partial charge is 0.494 e. The number of rotatable bonds is 4. The highest BCUT2D eigenvalue weighted by Crippen LogP contribution is 2.17. The predicted octanol–water partition coefficient (Wildman–Crippen LogP) is 2.78. The fraction of sp³-hybridized carbons (Fsp3) is 0.154. The third-order valence-electron chi connectivity index (χ3n) is 2.24. The molecule has 0 saturated carbocycles. The van der Waals surface area contributed by atoms with E-state index in [0.717, 1.165) is 0 Å². The summed E-state index contributed by atoms with van der Waals surface area (Å²) in [6.07, 6.45) is 2.72. The molecule has 0 aliphatic rings. The number of hydrogen-bond acceptors (Lipinski definition) is 4. The average Bonchev–Trinajstić information content (AvgIpc) is 2.39. The van der Waals surface area contributed by atoms with E-state index in [1.165, 1.54) is 12.4 Å². The number of hydrogen-bond donors (Lipinski definition) is 1. The normalized spacial score (nSPS) is 10.0. The first-order valence-corrected chi connectivity index (χ1v) is 6.08. The van der Waals surface area contributed by atoms with Gasteiger partial charge in [0.2, 0.25) is 0 Å². The van der Waals surface area contributed by atoms with Gasteiger partial charge >= 0.3 is 0 Å². The Bertz CT molecular complexity index is 590. The van der Waals surface area contributed by atoms with Crippen LogP contribution in [0.1, 0.15) is 17.4 Å². The number of carbonyl (C=O) groups excluding carboxylic acids is 1. The summed E-state index contributed by atoms with van der Waals surface area (Å²) in [5.41, 5.74) is 0.784. The molecule has 0 fully saturated rings. The molecular formula is C13H12ClN3O2. The van der Waals surface area contributed by atoms with E-state index in [4.69, 9.17) is 16.3 Å². The lowest BCUT2D eigenvalue weighted by atomic mass is 10.3. The zero-order valence-electron chi connectivity index (χ0n) is 10.3. The Labute approximate surface area is 115 Å². The van der Waals surface area contributed by atoms with Gasteiger partial charge in [-0.25, -0.2) is 4.98 Å². The van der Waals surface area contributed by atoms with Crippen molar-refractivity contribution in [2.24, 2.45) is 0 Å². The van der Waals surface area contributed by atoms with Crippen molar-refractivity contribution in [2.45, 2.75) is 6.92 Å². The first kappa shape index (κ1) is 13.3. The Balaban J connectivity index is 2.12. The Hall–Kier alpha value is -2.14. The monoisotopic (exact) mass is 277 g/mol. The van der Waals surface area contributed by atoms with Crippen molar-refractivity contribution in [3.63, 3.8) is 0 Å². The van der Waals surface area contributed by atoms with Crippen LogP contribution in [0.2, 0.25) is 5.15 Å². The molecule has 0 bridgehead atoms. The van der Waals surface area contributed by atoms with Crippen LogP contribution in [0.5, 0.6) is 5.75 Å². The van der Waals surface area contributed by atoms with Gasteiger partial charge in [0.05, 0.1) is 19.0 Å². The SMILES string of the molecule is CCOc1cccc(NC(=O)c2cncc(Cl)n2)c1. The maximum Gasteiger partial charge on any atom is 0.275 e. The number of aromatic nitrogens is 2. The maximum absolute atomic E-state index is 11.9. The van der Waals surface area contributed by atoms with Crippen LogP contribution in [0.25, 0.3) is 0 Å². The summed E-state index contributed by atoms with van der Waals surface area (Å²) in [6.45, 7) is 2.46. The molecule has 0 unspecified atom stereocenters. The molecule has 1 aromatic carbocycles. The van der Waals surface area contributed by atoms with Crippen LogP contribution in [0, 0.1) is 0 Å². The van der Waals surface area contributed by atoms with Gasteiger partial charge in [-0.15, -0.1) is 0 Å². The fourth-order valence-corrected chi connectivity index (χ4v) is 1.62. The van der Waals surface area contributed by atoms with E-state index in [9.17, 15) is 4.79 Å². The van der Waals surface area contributed by atoms with Crippen molar-refractivity contribution in [3.05, 3.63) is 47.5 Å². The minimum atomic E-state index is -0.372. The zero-order valence-corrected chi connectivity index (χ0v) is 11.0. The summed E-state index contributed by atoms with van der Waals surface area (Å²) in [7, 11) is 0. The van der Waals surface area contributed by atoms with Crippen molar-refractivity contribution < 1.29 is 9.53 Å². The van der Waals surface area contributed by atoms with Gasteiger partial charge in [-0.1, -0.05) is 17.7 Å². The first-order valence-electron chi connectivity index (χ1n) is 5.71. The van der Waals surface area contributed by atoms with E-state index in [2.05, 4.69) is 15.3 Å². The van der Waals surface area contributed by atoms with Crippen LogP contribution in [-0.4, -0.2) is 22.5 Å². The number of amides is 1. The molecule has 2 aromatic rings. The summed E-state index contributed by atoms with van der Waals surface area (Å²) in [5.74, 6) is 0.320. The summed E-state index contributed by atoms with van der Waals surface area (Å²) >= 11 is 5.68. The fourth-order valence-electron chi connectivity index (χ4n) is 1.48. The zero-order chi connectivity index (χ0) is 13.7. The number of halogens is 1. The van der Waals surface area contributed by atoms with Crippen LogP contribution in [-0.2, 0) is 0 Å². The van der Waals surface area contributed by atoms with Crippen molar-refractivity contribution >= 4 is 23.2 Å². The number of nitrogens with one attached hydrogen (secondary N) is 1. The number of anilines is 1. The molecule has 19 heavy (non-hydrogen) atoms. The van der Waals surface area contributed by atoms with E-state index < -0.39 is 0 Å². The third kappa shape index (κ3) is 3.66. The third-order valence-corrected chi connectivity index (χ3v) is 2.42. The second-order valence-corrected chi connectivity index (χ2v) is 4.03. The minimum Gasteiger partial charge on any atom is -0.494 e. The highest BCUT2D eigenvalue weighted by molar-refractivity contribution is 6.29. The number of ether oxygens (including phenoxy) is 1. The Kier molecular flexibility index (Phi) is 4.30. The van der Waals surface area contributed by atoms with Gasteiger partial charge in [-0.2, -0.15) is 0 Å². The van der Waals surface area contributed by atoms with E-state index in [1.54, 1.807) is 18.2 Å². The molecule has 1 N–H and O–H groups in total. The van der Waals surface area contributed by atoms with Crippen LogP contribution < -0.4 is 10.1 Å². The summed E-state index contributed by atoms with van der Waals surface area (Å²) in [6, 6.07) is 7.11. The first-order chi connectivity index (χ1) is 9.19. The Morgan fingerprint density at radius 3 is 3.00 bits per heavy atom. The van der Waals surface area contributed by atoms with Gasteiger partial charge in [-0.3, -0.25) is 9.78 Å². The Morgan fingerprint density at radius 1 is 1.42 bits per heavy atom. The molecule has 98 valence electrons. The van der Waals surface area contributed by atoms with Crippen LogP contribution in [0.15, 0.2) is 36.7 Å². The van der Waals surface area contributed by atoms with Crippen molar-refractivity contribution in [1.82, 2.24) is 9.97 Å². The standard InChI is InChI=1S/C13H12ClN3O2/c1-2-19-10-5-3-4-9(6-10)16-13(18)11-7-15-8-12(14)17-11/h3-8H,2H2,1H3,(H,16,18). The van der Waals surface area contributed by atoms with Crippen LogP contribution in [0.4, 0.5) is 5.69 Å². The minimum absolute atomic E-state index is 0.161. The smallest absolute Gasteiger partial charge is 0.275 e. The molecule has 0 atom stereocenters. The molecule has 5 nitrogen and oxygen atoms in total. The summed E-state index contributed by atoms with van der Waals surface area (Å²) in [5, 5.41) is 2.88. The number of benzene rings is 1. The van der Waals surface area contributed by atoms with Crippen molar-refractivity contribution in [3.8, 4) is 5.75 Å². The van der Waals surface area contributed by atoms with Crippen LogP contribution in [0.3, 0.4) is 0 Å². The summed E-state index contributed by atoms with van der Waals surface area (Å²) in [4.78, 5) is 19.6. The highest BCUT2D eigenvalue weighted by atomic mass is 35.5. The molecular weight excluding hydrogens is 266 g/mol. The van der Waals surface area contributed by atoms with Gasteiger partial charge in [0.25, 0.3) is 5.91 Å². The quantitative estimate of drug-likeness (QED) is 0.933. The van der Waals surface area contributed by atoms with Gasteiger partial charge in [0, 0.05) is 11.8 Å². The van der Waals surface area contributed by atoms with Gasteiger partial charge in [0.15, 0.2) is 0 Å². The second kappa shape index (κ2) is 6.15. The van der Waals surface area contributed by atoms with E-state index in [1.807, 2.05) is 13.0 Å². The second-order valence-electron chi connectivity index (χ2n) is 3.64. The predicted molar refractivity (Wildman–Crippen MR) is 72.6 cm³/mol. The molecule has 0 spiro atoms. The van der Waals surface area contributed by atoms with E-state index in [0.29, 0.717) is 18.0 Å². The lowest BCUT2D eigenvalue weighted by Crippen LogP contribution is -2.14. The molecule has 2 rings (SSSR count). The van der Waals surface area contributed by atoms with Gasteiger partial charge < -0.3 is 10.1 Å². The van der Waals surface area contributed by atoms with E-state index in [-0.39, 0.29) is 16.8 Å². The molecule has 1 heterocycles. The average molecular weight is 278 g/mol. The molecule has 0 aliphatic heterocycles. The van der Waals surface area contributed by atoms with Crippen molar-refractivity contribution in [1.29, 1.82) is 0 Å². The number of nitrogens with zero attached hydrogens (tertiary/aromatic N) is 2. The highest BCUT2D eigenvalue weighted by Gasteiger charge is 2.09. The van der Waals surface area contributed by atoms with E-state index >= 15 is 0 Å². The topological polar surface area (TPSA) is 64.1 Å². The molecule has 6 heteroatoms. The molecule has 1 aromatic heterocycles. The lowest BCUT2D eigenvalue weighted by molar-refractivity contribution is 0.102. The molecule has 0 saturated heterocycles. The number of carbonyl (C=O) groups is 1. The maximum atomic E-state index is 11.9. The van der Waals surface area contributed by atoms with Gasteiger partial charge in [-0.05, 0) is 19.1 Å². The lowest BCUT2D eigenvalue weighted by Gasteiger charge is -2.07. The van der Waals surface area contributed by atoms with Gasteiger partial charge in [0.1, 0.15) is 16.6 Å². The summed E-state index contributed by atoms with van der Waals surface area (Å²) < 4.78 is 5.35. The molecule has 0 radical (unpaired) electrons. The molecule has 1 amide bonds. The molecule has 0 aliphatic carbocycles. The van der Waals surface area contributed by atoms with Crippen LogP contribution >= 0.6 is 11.6 Å². The van der Waals surface area contributed by atoms with Crippen molar-refractivity contribution in [2.75, 3.05) is 11.9 Å².